The molecule has 0 atom stereocenters. The maximum Gasteiger partial charge on any atom is 0.368 e. The summed E-state index contributed by atoms with van der Waals surface area (Å²) in [6.07, 6.45) is 3.18. The van der Waals surface area contributed by atoms with Gasteiger partial charge in [-0.3, -0.25) is 4.79 Å². The number of piperidine rings is 1. The van der Waals surface area contributed by atoms with E-state index in [1.807, 2.05) is 4.90 Å². The van der Waals surface area contributed by atoms with E-state index in [-0.39, 0.29) is 17.8 Å². The number of imidazole rings is 1. The third-order valence-electron chi connectivity index (χ3n) is 4.25. The lowest BCUT2D eigenvalue weighted by Crippen LogP contribution is -2.42. The highest BCUT2D eigenvalue weighted by Crippen LogP contribution is 2.18. The van der Waals surface area contributed by atoms with Crippen molar-refractivity contribution in [3.8, 4) is 0 Å². The van der Waals surface area contributed by atoms with Crippen molar-refractivity contribution in [3.05, 3.63) is 28.4 Å². The van der Waals surface area contributed by atoms with Crippen LogP contribution in [0.25, 0.3) is 5.65 Å². The van der Waals surface area contributed by atoms with Crippen molar-refractivity contribution < 1.29 is 14.5 Å². The number of ether oxygens (including phenoxy) is 1. The van der Waals surface area contributed by atoms with E-state index in [1.165, 1.54) is 10.7 Å². The summed E-state index contributed by atoms with van der Waals surface area (Å²) in [6.45, 7) is 1.78. The van der Waals surface area contributed by atoms with E-state index in [9.17, 15) is 14.9 Å². The Morgan fingerprint density at radius 3 is 2.88 bits per heavy atom. The summed E-state index contributed by atoms with van der Waals surface area (Å²) >= 11 is 0. The maximum absolute atomic E-state index is 12.0. The minimum absolute atomic E-state index is 0.105. The normalized spacial score (nSPS) is 15.5. The number of hydrogen-bond acceptors (Lipinski definition) is 7. The standard InChI is InChI=1S/C15H20N6O4/c1-25-9-6-15(22)19-7-4-11(5-8-19)17-12-2-3-13-16-10-14(21(23)24)20(13)18-12/h2-3,10-11H,4-9H2,1H3,(H,17,18). The number of aromatic nitrogens is 3. The van der Waals surface area contributed by atoms with Gasteiger partial charge in [0.05, 0.1) is 13.0 Å². The van der Waals surface area contributed by atoms with Gasteiger partial charge in [0, 0.05) is 32.3 Å². The molecule has 2 aromatic heterocycles. The fraction of sp³-hybridized carbons (Fsp3) is 0.533. The smallest absolute Gasteiger partial charge is 0.368 e. The lowest BCUT2D eigenvalue weighted by atomic mass is 10.0. The molecule has 1 fully saturated rings. The number of amides is 1. The van der Waals surface area contributed by atoms with E-state index in [4.69, 9.17) is 4.74 Å². The van der Waals surface area contributed by atoms with Crippen LogP contribution < -0.4 is 5.32 Å². The number of nitro groups is 1. The maximum atomic E-state index is 12.0. The predicted molar refractivity (Wildman–Crippen MR) is 89.4 cm³/mol. The van der Waals surface area contributed by atoms with E-state index < -0.39 is 4.92 Å². The van der Waals surface area contributed by atoms with Crippen LogP contribution in [0.4, 0.5) is 11.6 Å². The summed E-state index contributed by atoms with van der Waals surface area (Å²) in [7, 11) is 1.58. The molecule has 0 bridgehead atoms. The van der Waals surface area contributed by atoms with E-state index in [0.717, 1.165) is 12.8 Å². The number of carbonyl (C=O) groups is 1. The third kappa shape index (κ3) is 3.85. The average molecular weight is 348 g/mol. The summed E-state index contributed by atoms with van der Waals surface area (Å²) in [6, 6.07) is 3.60. The number of methoxy groups -OCH3 is 1. The van der Waals surface area contributed by atoms with Crippen molar-refractivity contribution in [2.24, 2.45) is 0 Å². The van der Waals surface area contributed by atoms with Crippen LogP contribution in [0.1, 0.15) is 19.3 Å². The molecule has 2 aromatic rings. The zero-order valence-electron chi connectivity index (χ0n) is 13.9. The SMILES string of the molecule is COCCC(=O)N1CCC(Nc2ccc3ncc([N+](=O)[O-])n3n2)CC1. The Bertz CT molecular complexity index is 768. The van der Waals surface area contributed by atoms with Gasteiger partial charge in [-0.05, 0) is 23.8 Å². The highest BCUT2D eigenvalue weighted by atomic mass is 16.6. The van der Waals surface area contributed by atoms with Crippen LogP contribution in [0.2, 0.25) is 0 Å². The molecular formula is C15H20N6O4. The molecule has 3 heterocycles. The van der Waals surface area contributed by atoms with Crippen LogP contribution in [0.5, 0.6) is 0 Å². The number of hydrogen-bond donors (Lipinski definition) is 1. The van der Waals surface area contributed by atoms with Gasteiger partial charge in [-0.15, -0.1) is 0 Å². The number of nitrogens with zero attached hydrogens (tertiary/aromatic N) is 5. The molecule has 0 radical (unpaired) electrons. The first-order chi connectivity index (χ1) is 12.1. The molecule has 0 aromatic carbocycles. The van der Waals surface area contributed by atoms with Crippen molar-refractivity contribution in [2.75, 3.05) is 32.1 Å². The quantitative estimate of drug-likeness (QED) is 0.613. The van der Waals surface area contributed by atoms with Gasteiger partial charge in [0.15, 0.2) is 5.82 Å². The molecule has 1 N–H and O–H groups in total. The molecule has 1 aliphatic heterocycles. The van der Waals surface area contributed by atoms with E-state index in [1.54, 1.807) is 19.2 Å². The highest BCUT2D eigenvalue weighted by Gasteiger charge is 2.23. The number of nitrogens with one attached hydrogen (secondary N) is 1. The zero-order chi connectivity index (χ0) is 17.8. The van der Waals surface area contributed by atoms with Crippen molar-refractivity contribution >= 4 is 23.2 Å². The molecule has 134 valence electrons. The lowest BCUT2D eigenvalue weighted by Gasteiger charge is -2.32. The second kappa shape index (κ2) is 7.43. The Morgan fingerprint density at radius 2 is 2.20 bits per heavy atom. The molecule has 0 spiro atoms. The molecule has 10 heteroatoms. The zero-order valence-corrected chi connectivity index (χ0v) is 13.9. The highest BCUT2D eigenvalue weighted by molar-refractivity contribution is 5.76. The Balaban J connectivity index is 1.60. The van der Waals surface area contributed by atoms with E-state index in [2.05, 4.69) is 15.4 Å². The minimum Gasteiger partial charge on any atom is -0.384 e. The van der Waals surface area contributed by atoms with E-state index in [0.29, 0.717) is 37.6 Å². The topological polar surface area (TPSA) is 115 Å². The Morgan fingerprint density at radius 1 is 1.44 bits per heavy atom. The summed E-state index contributed by atoms with van der Waals surface area (Å²) in [4.78, 5) is 28.3. The number of likely N-dealkylation sites (tertiary alicyclic amines) is 1. The fourth-order valence-electron chi connectivity index (χ4n) is 2.89. The Labute approximate surface area is 143 Å². The van der Waals surface area contributed by atoms with Gasteiger partial charge >= 0.3 is 5.82 Å². The van der Waals surface area contributed by atoms with Gasteiger partial charge in [-0.25, -0.2) is 4.98 Å². The van der Waals surface area contributed by atoms with Gasteiger partial charge in [0.1, 0.15) is 6.20 Å². The molecule has 0 saturated carbocycles. The Hall–Kier alpha value is -2.75. The van der Waals surface area contributed by atoms with Gasteiger partial charge < -0.3 is 25.1 Å². The molecule has 1 amide bonds. The number of fused-ring (bicyclic) bond motifs is 1. The van der Waals surface area contributed by atoms with E-state index >= 15 is 0 Å². The molecule has 1 aliphatic rings. The number of rotatable bonds is 6. The van der Waals surface area contributed by atoms with Crippen molar-refractivity contribution in [1.82, 2.24) is 19.5 Å². The molecule has 0 unspecified atom stereocenters. The first-order valence-electron chi connectivity index (χ1n) is 8.11. The second-order valence-electron chi connectivity index (χ2n) is 5.90. The van der Waals surface area contributed by atoms with Crippen LogP contribution in [0.15, 0.2) is 18.3 Å². The lowest BCUT2D eigenvalue weighted by molar-refractivity contribution is -0.391. The van der Waals surface area contributed by atoms with Crippen LogP contribution in [0.3, 0.4) is 0 Å². The molecule has 1 saturated heterocycles. The monoisotopic (exact) mass is 348 g/mol. The number of carbonyl (C=O) groups excluding carboxylic acids is 1. The first-order valence-corrected chi connectivity index (χ1v) is 8.11. The summed E-state index contributed by atoms with van der Waals surface area (Å²) in [5, 5.41) is 18.5. The van der Waals surface area contributed by atoms with Crippen molar-refractivity contribution in [3.63, 3.8) is 0 Å². The summed E-state index contributed by atoms with van der Waals surface area (Å²) in [5.41, 5.74) is 0.427. The third-order valence-corrected chi connectivity index (χ3v) is 4.25. The predicted octanol–water partition coefficient (Wildman–Crippen LogP) is 1.08. The summed E-state index contributed by atoms with van der Waals surface area (Å²) in [5.74, 6) is 0.490. The Kier molecular flexibility index (Phi) is 5.08. The second-order valence-corrected chi connectivity index (χ2v) is 5.90. The largest absolute Gasteiger partial charge is 0.384 e. The average Bonchev–Trinajstić information content (AvgIpc) is 3.04. The van der Waals surface area contributed by atoms with Crippen LogP contribution in [0, 0.1) is 10.1 Å². The minimum atomic E-state index is -0.513. The molecule has 0 aliphatic carbocycles. The molecule has 25 heavy (non-hydrogen) atoms. The first kappa shape index (κ1) is 17.1. The van der Waals surface area contributed by atoms with Gasteiger partial charge in [-0.2, -0.15) is 0 Å². The van der Waals surface area contributed by atoms with Crippen LogP contribution in [-0.2, 0) is 9.53 Å². The van der Waals surface area contributed by atoms with Gasteiger partial charge in [0.25, 0.3) is 0 Å². The van der Waals surface area contributed by atoms with Crippen molar-refractivity contribution in [1.29, 1.82) is 0 Å². The molecule has 3 rings (SSSR count). The van der Waals surface area contributed by atoms with Gasteiger partial charge in [-0.1, -0.05) is 9.61 Å². The van der Waals surface area contributed by atoms with Crippen LogP contribution in [-0.4, -0.2) is 63.2 Å². The summed E-state index contributed by atoms with van der Waals surface area (Å²) < 4.78 is 6.15. The number of anilines is 1. The molecule has 10 nitrogen and oxygen atoms in total. The van der Waals surface area contributed by atoms with Crippen molar-refractivity contribution in [2.45, 2.75) is 25.3 Å². The fourth-order valence-corrected chi connectivity index (χ4v) is 2.89. The van der Waals surface area contributed by atoms with Gasteiger partial charge in [0.2, 0.25) is 11.6 Å². The molecular weight excluding hydrogens is 328 g/mol. The van der Waals surface area contributed by atoms with Crippen LogP contribution >= 0.6 is 0 Å².